The summed E-state index contributed by atoms with van der Waals surface area (Å²) in [6, 6.07) is 5.08. The quantitative estimate of drug-likeness (QED) is 0.889. The molecular weight excluding hydrogens is 231 g/mol. The third kappa shape index (κ3) is 3.51. The number of piperidine rings is 1. The Morgan fingerprint density at radius 2 is 2.17 bits per heavy atom. The molecule has 100 valence electrons. The van der Waals surface area contributed by atoms with Gasteiger partial charge >= 0.3 is 0 Å². The van der Waals surface area contributed by atoms with Gasteiger partial charge in [-0.2, -0.15) is 0 Å². The Labute approximate surface area is 108 Å². The van der Waals surface area contributed by atoms with Gasteiger partial charge in [0.25, 0.3) is 0 Å². The largest absolute Gasteiger partial charge is 0.380 e. The van der Waals surface area contributed by atoms with Crippen LogP contribution in [-0.2, 0) is 17.8 Å². The van der Waals surface area contributed by atoms with Gasteiger partial charge in [0.1, 0.15) is 5.82 Å². The SMILES string of the molecule is COC1CCCN(Cc2cc(F)cc(CN)c2)C1. The van der Waals surface area contributed by atoms with Crippen LogP contribution in [0.1, 0.15) is 24.0 Å². The minimum absolute atomic E-state index is 0.201. The van der Waals surface area contributed by atoms with Crippen LogP contribution in [0.2, 0.25) is 0 Å². The van der Waals surface area contributed by atoms with Crippen LogP contribution < -0.4 is 5.73 Å². The first-order chi connectivity index (χ1) is 8.71. The molecule has 1 aromatic carbocycles. The van der Waals surface area contributed by atoms with Crippen molar-refractivity contribution in [3.63, 3.8) is 0 Å². The van der Waals surface area contributed by atoms with Crippen molar-refractivity contribution in [2.24, 2.45) is 5.73 Å². The molecule has 0 spiro atoms. The molecule has 0 bridgehead atoms. The second-order valence-electron chi connectivity index (χ2n) is 4.91. The summed E-state index contributed by atoms with van der Waals surface area (Å²) >= 11 is 0. The van der Waals surface area contributed by atoms with Crippen LogP contribution in [0.25, 0.3) is 0 Å². The van der Waals surface area contributed by atoms with Crippen molar-refractivity contribution in [1.29, 1.82) is 0 Å². The molecular formula is C14H21FN2O. The van der Waals surface area contributed by atoms with E-state index in [1.807, 2.05) is 6.07 Å². The molecule has 4 heteroatoms. The highest BCUT2D eigenvalue weighted by Gasteiger charge is 2.19. The summed E-state index contributed by atoms with van der Waals surface area (Å²) in [5.41, 5.74) is 7.41. The van der Waals surface area contributed by atoms with E-state index in [4.69, 9.17) is 10.5 Å². The van der Waals surface area contributed by atoms with Gasteiger partial charge in [0, 0.05) is 26.7 Å². The molecule has 1 fully saturated rings. The Morgan fingerprint density at radius 3 is 2.89 bits per heavy atom. The number of benzene rings is 1. The van der Waals surface area contributed by atoms with Crippen LogP contribution in [0.15, 0.2) is 18.2 Å². The van der Waals surface area contributed by atoms with E-state index in [-0.39, 0.29) is 5.82 Å². The summed E-state index contributed by atoms with van der Waals surface area (Å²) in [5, 5.41) is 0. The van der Waals surface area contributed by atoms with Gasteiger partial charge in [0.15, 0.2) is 0 Å². The molecule has 0 amide bonds. The zero-order valence-electron chi connectivity index (χ0n) is 10.9. The van der Waals surface area contributed by atoms with E-state index in [1.165, 1.54) is 6.07 Å². The number of methoxy groups -OCH3 is 1. The van der Waals surface area contributed by atoms with Crippen molar-refractivity contribution in [2.75, 3.05) is 20.2 Å². The van der Waals surface area contributed by atoms with Crippen LogP contribution in [0.5, 0.6) is 0 Å². The monoisotopic (exact) mass is 252 g/mol. The first-order valence-corrected chi connectivity index (χ1v) is 6.45. The van der Waals surface area contributed by atoms with Gasteiger partial charge in [-0.3, -0.25) is 4.90 Å². The predicted molar refractivity (Wildman–Crippen MR) is 69.6 cm³/mol. The van der Waals surface area contributed by atoms with E-state index in [0.717, 1.165) is 43.6 Å². The Bertz CT molecular complexity index is 397. The molecule has 0 aliphatic carbocycles. The second-order valence-corrected chi connectivity index (χ2v) is 4.91. The summed E-state index contributed by atoms with van der Waals surface area (Å²) in [7, 11) is 1.75. The fourth-order valence-electron chi connectivity index (χ4n) is 2.53. The number of halogens is 1. The average molecular weight is 252 g/mol. The lowest BCUT2D eigenvalue weighted by molar-refractivity contribution is 0.0285. The van der Waals surface area contributed by atoms with Crippen molar-refractivity contribution in [3.8, 4) is 0 Å². The fraction of sp³-hybridized carbons (Fsp3) is 0.571. The molecule has 0 radical (unpaired) electrons. The zero-order valence-corrected chi connectivity index (χ0v) is 10.9. The zero-order chi connectivity index (χ0) is 13.0. The lowest BCUT2D eigenvalue weighted by Crippen LogP contribution is -2.38. The number of hydrogen-bond acceptors (Lipinski definition) is 3. The van der Waals surface area contributed by atoms with Crippen molar-refractivity contribution >= 4 is 0 Å². The second kappa shape index (κ2) is 6.27. The molecule has 18 heavy (non-hydrogen) atoms. The topological polar surface area (TPSA) is 38.5 Å². The normalized spacial score (nSPS) is 21.2. The van der Waals surface area contributed by atoms with Crippen LogP contribution in [0.3, 0.4) is 0 Å². The van der Waals surface area contributed by atoms with Crippen LogP contribution in [0.4, 0.5) is 4.39 Å². The van der Waals surface area contributed by atoms with Gasteiger partial charge in [-0.05, 0) is 42.6 Å². The van der Waals surface area contributed by atoms with Crippen LogP contribution >= 0.6 is 0 Å². The van der Waals surface area contributed by atoms with Crippen molar-refractivity contribution < 1.29 is 9.13 Å². The first-order valence-electron chi connectivity index (χ1n) is 6.45. The molecule has 1 unspecified atom stereocenters. The highest BCUT2D eigenvalue weighted by atomic mass is 19.1. The Kier molecular flexibility index (Phi) is 4.69. The standard InChI is InChI=1S/C14H21FN2O/c1-18-14-3-2-4-17(10-14)9-12-5-11(8-16)6-13(15)7-12/h5-7,14H,2-4,8-10,16H2,1H3. The number of ether oxygens (including phenoxy) is 1. The Balaban J connectivity index is 2.02. The summed E-state index contributed by atoms with van der Waals surface area (Å²) in [6.07, 6.45) is 2.56. The summed E-state index contributed by atoms with van der Waals surface area (Å²) in [6.45, 7) is 3.12. The number of likely N-dealkylation sites (tertiary alicyclic amines) is 1. The summed E-state index contributed by atoms with van der Waals surface area (Å²) in [5.74, 6) is -0.201. The maximum Gasteiger partial charge on any atom is 0.123 e. The van der Waals surface area contributed by atoms with E-state index in [9.17, 15) is 4.39 Å². The molecule has 1 aliphatic heterocycles. The predicted octanol–water partition coefficient (Wildman–Crippen LogP) is 1.90. The molecule has 1 heterocycles. The van der Waals surface area contributed by atoms with Gasteiger partial charge in [0.2, 0.25) is 0 Å². The Morgan fingerprint density at radius 1 is 1.39 bits per heavy atom. The Hall–Kier alpha value is -0.970. The van der Waals surface area contributed by atoms with Gasteiger partial charge in [0.05, 0.1) is 6.10 Å². The maximum absolute atomic E-state index is 13.4. The molecule has 1 saturated heterocycles. The molecule has 2 N–H and O–H groups in total. The average Bonchev–Trinajstić information content (AvgIpc) is 2.38. The third-order valence-electron chi connectivity index (χ3n) is 3.45. The molecule has 3 nitrogen and oxygen atoms in total. The summed E-state index contributed by atoms with van der Waals surface area (Å²) < 4.78 is 18.8. The van der Waals surface area contributed by atoms with Gasteiger partial charge < -0.3 is 10.5 Å². The van der Waals surface area contributed by atoms with E-state index >= 15 is 0 Å². The van der Waals surface area contributed by atoms with Gasteiger partial charge in [-0.15, -0.1) is 0 Å². The number of hydrogen-bond donors (Lipinski definition) is 1. The van der Waals surface area contributed by atoms with Gasteiger partial charge in [-0.25, -0.2) is 4.39 Å². The fourth-order valence-corrected chi connectivity index (χ4v) is 2.53. The van der Waals surface area contributed by atoms with Crippen LogP contribution in [0, 0.1) is 5.82 Å². The number of nitrogens with two attached hydrogens (primary N) is 1. The minimum atomic E-state index is -0.201. The van der Waals surface area contributed by atoms with E-state index in [1.54, 1.807) is 13.2 Å². The van der Waals surface area contributed by atoms with E-state index in [2.05, 4.69) is 4.90 Å². The summed E-state index contributed by atoms with van der Waals surface area (Å²) in [4.78, 5) is 2.31. The maximum atomic E-state index is 13.4. The lowest BCUT2D eigenvalue weighted by atomic mass is 10.1. The highest BCUT2D eigenvalue weighted by molar-refractivity contribution is 5.24. The molecule has 0 saturated carbocycles. The van der Waals surface area contributed by atoms with Gasteiger partial charge in [-0.1, -0.05) is 6.07 Å². The number of nitrogens with zero attached hydrogens (tertiary/aromatic N) is 1. The van der Waals surface area contributed by atoms with Crippen molar-refractivity contribution in [3.05, 3.63) is 35.1 Å². The molecule has 1 atom stereocenters. The molecule has 1 aromatic rings. The lowest BCUT2D eigenvalue weighted by Gasteiger charge is -2.31. The van der Waals surface area contributed by atoms with E-state index < -0.39 is 0 Å². The molecule has 1 aliphatic rings. The van der Waals surface area contributed by atoms with Crippen molar-refractivity contribution in [1.82, 2.24) is 4.90 Å². The smallest absolute Gasteiger partial charge is 0.123 e. The molecule has 2 rings (SSSR count). The molecule has 0 aromatic heterocycles. The van der Waals surface area contributed by atoms with E-state index in [0.29, 0.717) is 12.6 Å². The van der Waals surface area contributed by atoms with Crippen molar-refractivity contribution in [2.45, 2.75) is 32.0 Å². The first kappa shape index (κ1) is 13.5. The number of rotatable bonds is 4. The highest BCUT2D eigenvalue weighted by Crippen LogP contribution is 2.17. The third-order valence-corrected chi connectivity index (χ3v) is 3.45. The van der Waals surface area contributed by atoms with Crippen LogP contribution in [-0.4, -0.2) is 31.2 Å². The minimum Gasteiger partial charge on any atom is -0.380 e.